The predicted molar refractivity (Wildman–Crippen MR) is 114 cm³/mol. The number of amides is 1. The number of carbonyl (C=O) groups excluding carboxylic acids is 1. The van der Waals surface area contributed by atoms with Crippen molar-refractivity contribution in [2.45, 2.75) is 32.2 Å². The van der Waals surface area contributed by atoms with Crippen LogP contribution in [0.1, 0.15) is 36.8 Å². The minimum Gasteiger partial charge on any atom is -1.00 e. The normalized spacial score (nSPS) is 14.7. The quantitative estimate of drug-likeness (QED) is 0.388. The number of aromatic nitrogens is 2. The molecule has 0 radical (unpaired) electrons. The van der Waals surface area contributed by atoms with Crippen molar-refractivity contribution in [3.63, 3.8) is 0 Å². The SMILES string of the molecule is C[n+]1ccc(/C=C/c2cn(CC(=O)N3CCCCCC3)c3ccccc23)cc1.[I-]. The summed E-state index contributed by atoms with van der Waals surface area (Å²) in [5, 5.41) is 1.18. The summed E-state index contributed by atoms with van der Waals surface area (Å²) in [7, 11) is 2.02. The zero-order chi connectivity index (χ0) is 19.3. The molecule has 0 atom stereocenters. The van der Waals surface area contributed by atoms with Crippen LogP contribution in [0.15, 0.2) is 55.0 Å². The fourth-order valence-electron chi connectivity index (χ4n) is 3.91. The number of benzene rings is 1. The Kier molecular flexibility index (Phi) is 7.47. The van der Waals surface area contributed by atoms with E-state index in [9.17, 15) is 4.79 Å². The Hall–Kier alpha value is -2.15. The summed E-state index contributed by atoms with van der Waals surface area (Å²) in [6.45, 7) is 2.21. The Balaban J connectivity index is 0.00000240. The summed E-state index contributed by atoms with van der Waals surface area (Å²) in [5.41, 5.74) is 3.42. The van der Waals surface area contributed by atoms with Gasteiger partial charge in [-0.15, -0.1) is 0 Å². The molecule has 3 heterocycles. The topological polar surface area (TPSA) is 29.1 Å². The zero-order valence-corrected chi connectivity index (χ0v) is 19.1. The fourth-order valence-corrected chi connectivity index (χ4v) is 3.91. The van der Waals surface area contributed by atoms with E-state index in [1.807, 2.05) is 35.0 Å². The molecule has 3 aromatic rings. The molecule has 2 aromatic heterocycles. The molecular weight excluding hydrogens is 473 g/mol. The van der Waals surface area contributed by atoms with E-state index in [-0.39, 0.29) is 29.9 Å². The van der Waals surface area contributed by atoms with Gasteiger partial charge in [-0.2, -0.15) is 0 Å². The monoisotopic (exact) mass is 501 g/mol. The number of pyridine rings is 1. The largest absolute Gasteiger partial charge is 1.00 e. The van der Waals surface area contributed by atoms with E-state index >= 15 is 0 Å². The van der Waals surface area contributed by atoms with Crippen LogP contribution in [0.3, 0.4) is 0 Å². The summed E-state index contributed by atoms with van der Waals surface area (Å²) >= 11 is 0. The molecule has 0 aliphatic carbocycles. The lowest BCUT2D eigenvalue weighted by atomic mass is 10.1. The minimum atomic E-state index is 0. The summed E-state index contributed by atoms with van der Waals surface area (Å²) in [6.07, 6.45) is 15.2. The van der Waals surface area contributed by atoms with Crippen LogP contribution >= 0.6 is 0 Å². The lowest BCUT2D eigenvalue weighted by Gasteiger charge is -2.20. The second-order valence-electron chi connectivity index (χ2n) is 7.65. The van der Waals surface area contributed by atoms with Gasteiger partial charge in [0.05, 0.1) is 0 Å². The number of nitrogens with zero attached hydrogens (tertiary/aromatic N) is 3. The number of carbonyl (C=O) groups is 1. The van der Waals surface area contributed by atoms with E-state index < -0.39 is 0 Å². The van der Waals surface area contributed by atoms with Crippen LogP contribution in [-0.2, 0) is 18.4 Å². The summed E-state index contributed by atoms with van der Waals surface area (Å²) in [4.78, 5) is 14.9. The molecule has 0 unspecified atom stereocenters. The summed E-state index contributed by atoms with van der Waals surface area (Å²) < 4.78 is 4.13. The number of rotatable bonds is 4. The Bertz CT molecular complexity index is 983. The first-order valence-corrected chi connectivity index (χ1v) is 10.2. The van der Waals surface area contributed by atoms with Crippen molar-refractivity contribution in [1.82, 2.24) is 9.47 Å². The van der Waals surface area contributed by atoms with Gasteiger partial charge in [-0.1, -0.05) is 43.2 Å². The second-order valence-corrected chi connectivity index (χ2v) is 7.65. The maximum atomic E-state index is 12.9. The average Bonchev–Trinajstić information content (AvgIpc) is 2.88. The highest BCUT2D eigenvalue weighted by atomic mass is 127. The van der Waals surface area contributed by atoms with Gasteiger partial charge in [-0.25, -0.2) is 4.57 Å². The number of hydrogen-bond acceptors (Lipinski definition) is 1. The number of likely N-dealkylation sites (tertiary alicyclic amines) is 1. The van der Waals surface area contributed by atoms with E-state index in [1.165, 1.54) is 18.2 Å². The van der Waals surface area contributed by atoms with Crippen molar-refractivity contribution in [2.75, 3.05) is 13.1 Å². The number of fused-ring (bicyclic) bond motifs is 1. The third-order valence-electron chi connectivity index (χ3n) is 5.54. The van der Waals surface area contributed by atoms with E-state index in [1.54, 1.807) is 0 Å². The van der Waals surface area contributed by atoms with E-state index in [0.717, 1.165) is 42.6 Å². The zero-order valence-electron chi connectivity index (χ0n) is 16.9. The Labute approximate surface area is 189 Å². The Morgan fingerprint density at radius 1 is 1.00 bits per heavy atom. The van der Waals surface area contributed by atoms with Crippen LogP contribution < -0.4 is 28.5 Å². The van der Waals surface area contributed by atoms with E-state index in [2.05, 4.69) is 53.2 Å². The molecule has 0 N–H and O–H groups in total. The summed E-state index contributed by atoms with van der Waals surface area (Å²) in [6, 6.07) is 12.5. The molecule has 4 rings (SSSR count). The van der Waals surface area contributed by atoms with Gasteiger partial charge >= 0.3 is 0 Å². The molecule has 4 nitrogen and oxygen atoms in total. The van der Waals surface area contributed by atoms with Crippen molar-refractivity contribution < 1.29 is 33.3 Å². The molecule has 0 bridgehead atoms. The lowest BCUT2D eigenvalue weighted by molar-refractivity contribution is -0.671. The van der Waals surface area contributed by atoms with Crippen LogP contribution in [0.2, 0.25) is 0 Å². The van der Waals surface area contributed by atoms with Gasteiger partial charge in [-0.3, -0.25) is 4.79 Å². The first kappa shape index (κ1) is 21.6. The molecule has 1 saturated heterocycles. The Morgan fingerprint density at radius 3 is 2.41 bits per heavy atom. The molecular formula is C24H28IN3O. The van der Waals surface area contributed by atoms with Crippen molar-refractivity contribution in [3.8, 4) is 0 Å². The number of hydrogen-bond donors (Lipinski definition) is 0. The molecule has 0 spiro atoms. The third kappa shape index (κ3) is 5.26. The summed E-state index contributed by atoms with van der Waals surface area (Å²) in [5.74, 6) is 0.230. The molecule has 1 aliphatic rings. The highest BCUT2D eigenvalue weighted by Gasteiger charge is 2.17. The highest BCUT2D eigenvalue weighted by molar-refractivity contribution is 5.93. The van der Waals surface area contributed by atoms with Crippen molar-refractivity contribution in [2.24, 2.45) is 7.05 Å². The molecule has 1 aliphatic heterocycles. The van der Waals surface area contributed by atoms with Crippen molar-refractivity contribution in [3.05, 3.63) is 66.1 Å². The molecule has 152 valence electrons. The molecule has 0 saturated carbocycles. The van der Waals surface area contributed by atoms with Crippen LogP contribution in [0, 0.1) is 0 Å². The molecule has 29 heavy (non-hydrogen) atoms. The first-order chi connectivity index (χ1) is 13.7. The van der Waals surface area contributed by atoms with E-state index in [0.29, 0.717) is 6.54 Å². The van der Waals surface area contributed by atoms with Gasteiger partial charge in [0.15, 0.2) is 12.4 Å². The molecule has 1 amide bonds. The van der Waals surface area contributed by atoms with Gasteiger partial charge < -0.3 is 33.4 Å². The smallest absolute Gasteiger partial charge is 0.242 e. The number of para-hydroxylation sites is 1. The van der Waals surface area contributed by atoms with Crippen LogP contribution in [0.5, 0.6) is 0 Å². The molecule has 1 aromatic carbocycles. The van der Waals surface area contributed by atoms with Gasteiger partial charge in [-0.05, 0) is 24.5 Å². The van der Waals surface area contributed by atoms with Crippen LogP contribution in [0.25, 0.3) is 23.1 Å². The van der Waals surface area contributed by atoms with Crippen LogP contribution in [0.4, 0.5) is 0 Å². The van der Waals surface area contributed by atoms with Crippen LogP contribution in [-0.4, -0.2) is 28.5 Å². The number of halogens is 1. The highest BCUT2D eigenvalue weighted by Crippen LogP contribution is 2.24. The van der Waals surface area contributed by atoms with E-state index in [4.69, 9.17) is 0 Å². The van der Waals surface area contributed by atoms with Crippen molar-refractivity contribution in [1.29, 1.82) is 0 Å². The molecule has 5 heteroatoms. The number of aryl methyl sites for hydroxylation is 1. The maximum absolute atomic E-state index is 12.9. The van der Waals surface area contributed by atoms with Gasteiger partial charge in [0.25, 0.3) is 0 Å². The minimum absolute atomic E-state index is 0. The predicted octanol–water partition coefficient (Wildman–Crippen LogP) is 1.04. The van der Waals surface area contributed by atoms with Gasteiger partial charge in [0.2, 0.25) is 5.91 Å². The van der Waals surface area contributed by atoms with Crippen molar-refractivity contribution >= 4 is 29.0 Å². The second kappa shape index (κ2) is 10.1. The molecule has 1 fully saturated rings. The maximum Gasteiger partial charge on any atom is 0.242 e. The van der Waals surface area contributed by atoms with Gasteiger partial charge in [0.1, 0.15) is 13.6 Å². The fraction of sp³-hybridized carbons (Fsp3) is 0.333. The standard InChI is InChI=1S/C24H28N3O.HI/c1-25-16-12-20(13-17-25)10-11-21-18-27(23-9-5-4-8-22(21)23)19-24(28)26-14-6-2-3-7-15-26;/h4-5,8-13,16-18H,2-3,6-7,14-15,19H2,1H3;1H/q+1;/p-1. The Morgan fingerprint density at radius 2 is 1.69 bits per heavy atom. The third-order valence-corrected chi connectivity index (χ3v) is 5.54. The first-order valence-electron chi connectivity index (χ1n) is 10.2. The average molecular weight is 501 g/mol. The van der Waals surface area contributed by atoms with Gasteiger partial charge in [0, 0.05) is 47.9 Å². The lowest BCUT2D eigenvalue weighted by Crippen LogP contribution is -3.00.